The Balaban J connectivity index is 0.000000205. The van der Waals surface area contributed by atoms with Crippen LogP contribution in [0.4, 0.5) is 0 Å². The van der Waals surface area contributed by atoms with Crippen molar-refractivity contribution >= 4 is 26.4 Å². The maximum absolute atomic E-state index is 5.98. The van der Waals surface area contributed by atoms with Crippen molar-refractivity contribution in [1.82, 2.24) is 0 Å². The SMILES string of the molecule is Clc1cccc([C](=[Zr+2])c2cccc(Cl)c2)c1.[Cl-].[Cl-].[c-]1cccc2c1Cc1ccccc1-2.c1cc[cH-]c1. The Bertz CT molecular complexity index is 1270. The Hall–Kier alpha value is -1.86. The van der Waals surface area contributed by atoms with Crippen LogP contribution in [0.1, 0.15) is 22.3 Å². The van der Waals surface area contributed by atoms with E-state index in [2.05, 4.69) is 54.6 Å². The first-order valence-electron chi connectivity index (χ1n) is 11.0. The fraction of sp³-hybridized carbons (Fsp3) is 0.0323. The molecule has 5 heteroatoms. The van der Waals surface area contributed by atoms with Gasteiger partial charge >= 0.3 is 120 Å². The van der Waals surface area contributed by atoms with Gasteiger partial charge in [-0.25, -0.2) is 12.1 Å². The van der Waals surface area contributed by atoms with E-state index in [1.54, 1.807) is 0 Å². The first-order valence-corrected chi connectivity index (χ1v) is 13.0. The molecule has 0 amide bonds. The average molecular weight is 628 g/mol. The maximum Gasteiger partial charge on any atom is -0.0253 e. The van der Waals surface area contributed by atoms with Crippen LogP contribution >= 0.6 is 23.2 Å². The third-order valence-corrected chi connectivity index (χ3v) is 7.29. The number of rotatable bonds is 2. The second-order valence-corrected chi connectivity index (χ2v) is 9.86. The van der Waals surface area contributed by atoms with E-state index >= 15 is 0 Å². The van der Waals surface area contributed by atoms with Gasteiger partial charge in [-0.2, -0.15) is 48.0 Å². The minimum Gasteiger partial charge on any atom is -1.00 e. The van der Waals surface area contributed by atoms with Gasteiger partial charge in [-0.05, 0) is 6.42 Å². The second-order valence-electron chi connectivity index (χ2n) is 7.75. The maximum atomic E-state index is 5.98. The molecule has 0 N–H and O–H groups in total. The molecule has 0 atom stereocenters. The van der Waals surface area contributed by atoms with Gasteiger partial charge in [0, 0.05) is 0 Å². The van der Waals surface area contributed by atoms with Crippen molar-refractivity contribution in [2.75, 3.05) is 0 Å². The minimum absolute atomic E-state index is 0. The normalized spacial score (nSPS) is 10.1. The largest absolute Gasteiger partial charge is 1.00 e. The molecule has 0 heterocycles. The van der Waals surface area contributed by atoms with E-state index in [4.69, 9.17) is 23.2 Å². The molecule has 0 fully saturated rings. The first-order chi connectivity index (χ1) is 16.6. The van der Waals surface area contributed by atoms with Crippen LogP contribution in [0.3, 0.4) is 0 Å². The fourth-order valence-electron chi connectivity index (χ4n) is 3.77. The van der Waals surface area contributed by atoms with Crippen LogP contribution in [0.15, 0.2) is 121 Å². The zero-order valence-corrected chi connectivity index (χ0v) is 24.7. The molecule has 0 aliphatic heterocycles. The van der Waals surface area contributed by atoms with Crippen LogP contribution in [-0.4, -0.2) is 3.21 Å². The molecule has 0 saturated carbocycles. The van der Waals surface area contributed by atoms with Gasteiger partial charge in [0.15, 0.2) is 0 Å². The van der Waals surface area contributed by atoms with Crippen LogP contribution in [0.25, 0.3) is 11.1 Å². The minimum atomic E-state index is 0. The van der Waals surface area contributed by atoms with Gasteiger partial charge < -0.3 is 24.8 Å². The van der Waals surface area contributed by atoms with Crippen molar-refractivity contribution in [1.29, 1.82) is 0 Å². The number of halogens is 4. The summed E-state index contributed by atoms with van der Waals surface area (Å²) < 4.78 is 1.26. The van der Waals surface area contributed by atoms with Gasteiger partial charge in [0.05, 0.1) is 0 Å². The molecule has 36 heavy (non-hydrogen) atoms. The van der Waals surface area contributed by atoms with Gasteiger partial charge in [0.1, 0.15) is 0 Å². The summed E-state index contributed by atoms with van der Waals surface area (Å²) in [5, 5.41) is 1.53. The van der Waals surface area contributed by atoms with Crippen LogP contribution < -0.4 is 24.8 Å². The molecule has 1 aliphatic rings. The number of fused-ring (bicyclic) bond motifs is 3. The fourth-order valence-corrected chi connectivity index (χ4v) is 4.92. The van der Waals surface area contributed by atoms with Gasteiger partial charge in [-0.1, -0.05) is 35.4 Å². The molecule has 0 aromatic heterocycles. The smallest absolute Gasteiger partial charge is 0.0253 e. The van der Waals surface area contributed by atoms with Gasteiger partial charge in [0.25, 0.3) is 0 Å². The van der Waals surface area contributed by atoms with Crippen molar-refractivity contribution in [3.05, 3.63) is 160 Å². The first kappa shape index (κ1) is 30.4. The number of hydrogen-bond donors (Lipinski definition) is 0. The molecule has 5 aromatic rings. The predicted octanol–water partition coefficient (Wildman–Crippen LogP) is 2.58. The standard InChI is InChI=1S/C13H8Cl2.C13H9.C5H5.2ClH.Zr/c14-12-5-1-3-10(8-12)7-11-4-2-6-13(15)9-11;1-3-7-12-10(5-1)9-11-6-2-4-8-13(11)12;1-2-4-5-3-1;;;/h1-6,8-9H;1-5,7-8H,9H2;1-5H;2*1H;/q;2*-1;;;+2/p-2. The molecular formula is C31H22Cl4Zr-2. The Morgan fingerprint density at radius 1 is 0.694 bits per heavy atom. The molecule has 5 aromatic carbocycles. The Kier molecular flexibility index (Phi) is 13.0. The quantitative estimate of drug-likeness (QED) is 0.259. The molecular weight excluding hydrogens is 605 g/mol. The Morgan fingerprint density at radius 2 is 1.28 bits per heavy atom. The molecule has 0 nitrogen and oxygen atoms in total. The molecule has 180 valence electrons. The van der Waals surface area contributed by atoms with Gasteiger partial charge in [0.2, 0.25) is 0 Å². The summed E-state index contributed by atoms with van der Waals surface area (Å²) in [5.41, 5.74) is 7.83. The third kappa shape index (κ3) is 8.34. The average Bonchev–Trinajstić information content (AvgIpc) is 3.56. The molecule has 0 spiro atoms. The molecule has 0 unspecified atom stereocenters. The molecule has 6 rings (SSSR count). The summed E-state index contributed by atoms with van der Waals surface area (Å²) in [5.74, 6) is 0. The van der Waals surface area contributed by atoms with E-state index in [0.717, 1.165) is 27.6 Å². The summed E-state index contributed by atoms with van der Waals surface area (Å²) in [6, 6.07) is 43.9. The number of benzene rings is 4. The van der Waals surface area contributed by atoms with E-state index in [1.165, 1.54) is 49.7 Å². The summed E-state index contributed by atoms with van der Waals surface area (Å²) in [6.45, 7) is 0. The zero-order valence-electron chi connectivity index (χ0n) is 19.3. The summed E-state index contributed by atoms with van der Waals surface area (Å²) in [7, 11) is 0. The van der Waals surface area contributed by atoms with E-state index < -0.39 is 0 Å². The zero-order chi connectivity index (χ0) is 23.8. The van der Waals surface area contributed by atoms with Crippen LogP contribution in [0.2, 0.25) is 10.0 Å². The van der Waals surface area contributed by atoms with Crippen molar-refractivity contribution in [2.45, 2.75) is 6.42 Å². The Morgan fingerprint density at radius 3 is 1.83 bits per heavy atom. The van der Waals surface area contributed by atoms with Crippen LogP contribution in [-0.2, 0) is 30.7 Å². The molecule has 0 bridgehead atoms. The van der Waals surface area contributed by atoms with Crippen molar-refractivity contribution in [2.24, 2.45) is 0 Å². The summed E-state index contributed by atoms with van der Waals surface area (Å²) in [6.07, 6.45) is 1.05. The summed E-state index contributed by atoms with van der Waals surface area (Å²) >= 11 is 13.3. The molecule has 0 radical (unpaired) electrons. The summed E-state index contributed by atoms with van der Waals surface area (Å²) in [4.78, 5) is 0. The van der Waals surface area contributed by atoms with Crippen LogP contribution in [0, 0.1) is 6.07 Å². The second kappa shape index (κ2) is 15.4. The predicted molar refractivity (Wildman–Crippen MR) is 142 cm³/mol. The van der Waals surface area contributed by atoms with Crippen molar-refractivity contribution < 1.29 is 49.0 Å². The van der Waals surface area contributed by atoms with E-state index in [9.17, 15) is 0 Å². The van der Waals surface area contributed by atoms with Crippen molar-refractivity contribution in [3.63, 3.8) is 0 Å². The molecule has 1 aliphatic carbocycles. The van der Waals surface area contributed by atoms with E-state index in [0.29, 0.717) is 0 Å². The monoisotopic (exact) mass is 624 g/mol. The van der Waals surface area contributed by atoms with E-state index in [-0.39, 0.29) is 24.8 Å². The molecule has 0 saturated heterocycles. The Labute approximate surface area is 250 Å². The van der Waals surface area contributed by atoms with Crippen molar-refractivity contribution in [3.8, 4) is 11.1 Å². The topological polar surface area (TPSA) is 0 Å². The van der Waals surface area contributed by atoms with Gasteiger partial charge in [-0.3, -0.25) is 0 Å². The van der Waals surface area contributed by atoms with E-state index in [1.807, 2.05) is 72.8 Å². The third-order valence-electron chi connectivity index (χ3n) is 5.40. The number of hydrogen-bond acceptors (Lipinski definition) is 0. The van der Waals surface area contributed by atoms with Crippen LogP contribution in [0.5, 0.6) is 0 Å². The van der Waals surface area contributed by atoms with Gasteiger partial charge in [-0.15, -0.1) is 5.56 Å².